The van der Waals surface area contributed by atoms with E-state index in [0.717, 1.165) is 34.7 Å². The predicted molar refractivity (Wildman–Crippen MR) is 121 cm³/mol. The van der Waals surface area contributed by atoms with Crippen molar-refractivity contribution in [3.63, 3.8) is 0 Å². The molecule has 1 amide bonds. The Morgan fingerprint density at radius 1 is 1.23 bits per heavy atom. The van der Waals surface area contributed by atoms with Crippen LogP contribution in [0.15, 0.2) is 30.3 Å². The van der Waals surface area contributed by atoms with Crippen molar-refractivity contribution in [2.75, 3.05) is 37.2 Å². The molecule has 0 unspecified atom stereocenters. The van der Waals surface area contributed by atoms with Crippen LogP contribution in [0.25, 0.3) is 6.08 Å². The quantitative estimate of drug-likeness (QED) is 0.145. The molecular weight excluding hydrogens is 382 g/mol. The van der Waals surface area contributed by atoms with Crippen molar-refractivity contribution in [1.29, 1.82) is 5.41 Å². The van der Waals surface area contributed by atoms with Gasteiger partial charge in [-0.25, -0.2) is 5.48 Å². The highest BCUT2D eigenvalue weighted by Crippen LogP contribution is 2.28. The van der Waals surface area contributed by atoms with Gasteiger partial charge >= 0.3 is 0 Å². The Balaban J connectivity index is 2.11. The molecule has 2 rings (SSSR count). The number of carbonyl (C=O) groups excluding carboxylic acids is 1. The SMILES string of the molecule is CC[C@H](Cc1c(NC)nn(NC)c1NC)C(=N)Cc1ccc(C=CC(=O)NO)cc1. The molecule has 0 spiro atoms. The van der Waals surface area contributed by atoms with Crippen molar-refractivity contribution in [1.82, 2.24) is 15.4 Å². The van der Waals surface area contributed by atoms with Crippen LogP contribution in [-0.2, 0) is 17.6 Å². The molecule has 2 aromatic rings. The standard InChI is InChI=1S/C21H31N7O2/c1-5-16(13-17-20(23-2)26-28(25-4)21(17)24-3)18(22)12-15-8-6-14(7-9-15)10-11-19(29)27-30/h6-11,16,22,24-25,30H,5,12-13H2,1-4H3,(H,23,26)(H,27,29)/t16-/m1/s1. The molecule has 0 saturated heterocycles. The van der Waals surface area contributed by atoms with Crippen LogP contribution in [-0.4, -0.2) is 47.9 Å². The van der Waals surface area contributed by atoms with Gasteiger partial charge in [-0.2, -0.15) is 4.79 Å². The first-order valence-electron chi connectivity index (χ1n) is 9.90. The van der Waals surface area contributed by atoms with Crippen LogP contribution < -0.4 is 21.5 Å². The number of carbonyl (C=O) groups is 1. The summed E-state index contributed by atoms with van der Waals surface area (Å²) < 4.78 is 0. The normalized spacial score (nSPS) is 11.9. The van der Waals surface area contributed by atoms with Crippen molar-refractivity contribution in [2.45, 2.75) is 26.2 Å². The predicted octanol–water partition coefficient (Wildman–Crippen LogP) is 2.49. The Morgan fingerprint density at radius 2 is 1.93 bits per heavy atom. The van der Waals surface area contributed by atoms with Gasteiger partial charge in [-0.15, -0.1) is 5.10 Å². The zero-order valence-electron chi connectivity index (χ0n) is 17.9. The van der Waals surface area contributed by atoms with E-state index in [1.165, 1.54) is 6.08 Å². The maximum Gasteiger partial charge on any atom is 0.267 e. The molecule has 9 nitrogen and oxygen atoms in total. The maximum atomic E-state index is 11.1. The number of hydrogen-bond donors (Lipinski definition) is 6. The fourth-order valence-corrected chi connectivity index (χ4v) is 3.34. The largest absolute Gasteiger partial charge is 0.371 e. The Morgan fingerprint density at radius 3 is 2.47 bits per heavy atom. The molecule has 0 bridgehead atoms. The number of hydroxylamine groups is 1. The zero-order chi connectivity index (χ0) is 22.1. The highest BCUT2D eigenvalue weighted by Gasteiger charge is 2.22. The fraction of sp³-hybridized carbons (Fsp3) is 0.381. The van der Waals surface area contributed by atoms with Gasteiger partial charge in [0.1, 0.15) is 0 Å². The van der Waals surface area contributed by atoms with Gasteiger partial charge in [0, 0.05) is 50.8 Å². The van der Waals surface area contributed by atoms with Crippen LogP contribution in [0.1, 0.15) is 30.0 Å². The number of nitrogens with zero attached hydrogens (tertiary/aromatic N) is 2. The fourth-order valence-electron chi connectivity index (χ4n) is 3.34. The van der Waals surface area contributed by atoms with Gasteiger partial charge in [-0.3, -0.25) is 10.0 Å². The van der Waals surface area contributed by atoms with E-state index in [9.17, 15) is 4.79 Å². The van der Waals surface area contributed by atoms with Gasteiger partial charge in [0.15, 0.2) is 11.6 Å². The van der Waals surface area contributed by atoms with E-state index in [1.54, 1.807) is 16.3 Å². The van der Waals surface area contributed by atoms with E-state index in [1.807, 2.05) is 45.4 Å². The van der Waals surface area contributed by atoms with Crippen molar-refractivity contribution >= 4 is 29.3 Å². The van der Waals surface area contributed by atoms with Crippen LogP contribution in [0.5, 0.6) is 0 Å². The lowest BCUT2D eigenvalue weighted by atomic mass is 9.89. The van der Waals surface area contributed by atoms with Crippen LogP contribution >= 0.6 is 0 Å². The number of rotatable bonds is 11. The van der Waals surface area contributed by atoms with Crippen LogP contribution in [0.2, 0.25) is 0 Å². The minimum Gasteiger partial charge on any atom is -0.371 e. The molecule has 0 aliphatic heterocycles. The molecule has 0 fully saturated rings. The van der Waals surface area contributed by atoms with Crippen LogP contribution in [0, 0.1) is 11.3 Å². The Hall–Kier alpha value is -3.33. The van der Waals surface area contributed by atoms with E-state index < -0.39 is 5.91 Å². The zero-order valence-corrected chi connectivity index (χ0v) is 17.9. The molecule has 9 heteroatoms. The third kappa shape index (κ3) is 5.60. The molecule has 162 valence electrons. The van der Waals surface area contributed by atoms with E-state index in [2.05, 4.69) is 28.1 Å². The summed E-state index contributed by atoms with van der Waals surface area (Å²) in [6, 6.07) is 7.68. The van der Waals surface area contributed by atoms with Gasteiger partial charge in [0.25, 0.3) is 5.91 Å². The minimum atomic E-state index is -0.574. The Bertz CT molecular complexity index is 888. The molecule has 0 saturated carbocycles. The topological polar surface area (TPSA) is 127 Å². The van der Waals surface area contributed by atoms with E-state index >= 15 is 0 Å². The average molecular weight is 414 g/mol. The summed E-state index contributed by atoms with van der Waals surface area (Å²) in [5.41, 5.74) is 8.19. The second-order valence-corrected chi connectivity index (χ2v) is 6.87. The molecule has 0 aliphatic rings. The first kappa shape index (κ1) is 23.0. The van der Waals surface area contributed by atoms with Gasteiger partial charge < -0.3 is 21.5 Å². The van der Waals surface area contributed by atoms with Crippen molar-refractivity contribution in [3.05, 3.63) is 47.0 Å². The van der Waals surface area contributed by atoms with E-state index in [4.69, 9.17) is 10.6 Å². The highest BCUT2D eigenvalue weighted by molar-refractivity contribution is 5.91. The summed E-state index contributed by atoms with van der Waals surface area (Å²) in [4.78, 5) is 12.8. The molecular formula is C21H31N7O2. The summed E-state index contributed by atoms with van der Waals surface area (Å²) >= 11 is 0. The lowest BCUT2D eigenvalue weighted by Crippen LogP contribution is -2.19. The van der Waals surface area contributed by atoms with Gasteiger partial charge in [-0.1, -0.05) is 31.2 Å². The molecule has 6 N–H and O–H groups in total. The summed E-state index contributed by atoms with van der Waals surface area (Å²) in [5, 5.41) is 28.0. The molecule has 30 heavy (non-hydrogen) atoms. The second-order valence-electron chi connectivity index (χ2n) is 6.87. The van der Waals surface area contributed by atoms with Crippen molar-refractivity contribution < 1.29 is 10.0 Å². The number of aromatic nitrogens is 2. The smallest absolute Gasteiger partial charge is 0.267 e. The maximum absolute atomic E-state index is 11.1. The lowest BCUT2D eigenvalue weighted by Gasteiger charge is -2.18. The number of anilines is 2. The molecule has 1 heterocycles. The number of hydrogen-bond acceptors (Lipinski definition) is 7. The second kappa shape index (κ2) is 11.0. The number of nitrogens with one attached hydrogen (secondary N) is 5. The monoisotopic (exact) mass is 413 g/mol. The van der Waals surface area contributed by atoms with E-state index in [0.29, 0.717) is 18.6 Å². The highest BCUT2D eigenvalue weighted by atomic mass is 16.5. The van der Waals surface area contributed by atoms with Crippen LogP contribution in [0.4, 0.5) is 11.6 Å². The van der Waals surface area contributed by atoms with Crippen molar-refractivity contribution in [3.8, 4) is 0 Å². The summed E-state index contributed by atoms with van der Waals surface area (Å²) in [7, 11) is 5.52. The third-order valence-corrected chi connectivity index (χ3v) is 5.02. The van der Waals surface area contributed by atoms with Crippen LogP contribution in [0.3, 0.4) is 0 Å². The summed E-state index contributed by atoms with van der Waals surface area (Å²) in [5.74, 6) is 1.20. The van der Waals surface area contributed by atoms with Crippen molar-refractivity contribution in [2.24, 2.45) is 5.92 Å². The molecule has 0 aliphatic carbocycles. The number of benzene rings is 1. The molecule has 1 aromatic heterocycles. The third-order valence-electron chi connectivity index (χ3n) is 5.02. The first-order valence-corrected chi connectivity index (χ1v) is 9.90. The molecule has 1 aromatic carbocycles. The minimum absolute atomic E-state index is 0.0894. The number of amides is 1. The summed E-state index contributed by atoms with van der Waals surface area (Å²) in [6.45, 7) is 2.10. The lowest BCUT2D eigenvalue weighted by molar-refractivity contribution is -0.124. The van der Waals surface area contributed by atoms with Gasteiger partial charge in [0.05, 0.1) is 0 Å². The first-order chi connectivity index (χ1) is 14.5. The van der Waals surface area contributed by atoms with Gasteiger partial charge in [-0.05, 0) is 30.0 Å². The molecule has 1 atom stereocenters. The summed E-state index contributed by atoms with van der Waals surface area (Å²) in [6.07, 6.45) is 5.00. The van der Waals surface area contributed by atoms with Gasteiger partial charge in [0.2, 0.25) is 0 Å². The Kier molecular flexibility index (Phi) is 8.42. The van der Waals surface area contributed by atoms with E-state index in [-0.39, 0.29) is 5.92 Å². The average Bonchev–Trinajstić information content (AvgIpc) is 3.12. The molecule has 0 radical (unpaired) electrons. The Labute approximate surface area is 177 Å².